The van der Waals surface area contributed by atoms with Crippen molar-refractivity contribution in [2.45, 2.75) is 137 Å². The van der Waals surface area contributed by atoms with E-state index < -0.39 is 0 Å². The van der Waals surface area contributed by atoms with Gasteiger partial charge in [0.05, 0.1) is 46.4 Å². The maximum Gasteiger partial charge on any atom is 0.155 e. The first-order chi connectivity index (χ1) is 15.3. The third-order valence-corrected chi connectivity index (χ3v) is 8.23. The van der Waals surface area contributed by atoms with Crippen molar-refractivity contribution in [2.24, 2.45) is 0 Å². The largest absolute Gasteiger partial charge is 1.00 e. The van der Waals surface area contributed by atoms with Gasteiger partial charge in [0.15, 0.2) is 6.10 Å². The molecule has 3 nitrogen and oxygen atoms in total. The molecule has 0 N–H and O–H groups in total. The Hall–Kier alpha value is 0.460. The van der Waals surface area contributed by atoms with E-state index in [0.717, 1.165) is 22.1 Å². The smallest absolute Gasteiger partial charge is 0.155 e. The Morgan fingerprint density at radius 1 is 0.529 bits per heavy atom. The third-order valence-electron chi connectivity index (χ3n) is 8.23. The number of likely N-dealkylation sites (N-methyl/N-ethyl adjacent to an activating group) is 2. The molecule has 0 saturated carbocycles. The summed E-state index contributed by atoms with van der Waals surface area (Å²) in [6.07, 6.45) is 19.0. The summed E-state index contributed by atoms with van der Waals surface area (Å²) in [7, 11) is 4.79. The molecule has 0 spiro atoms. The van der Waals surface area contributed by atoms with Gasteiger partial charge in [-0.25, -0.2) is 0 Å². The molecule has 0 rings (SSSR count). The minimum Gasteiger partial charge on any atom is -1.00 e. The van der Waals surface area contributed by atoms with E-state index in [1.807, 2.05) is 0 Å². The standard InChI is InChI=1S/C29H64N2O.2ClH/c1-9-14-15-16-17-18-19-20-21-22-23-24-25-28(6)32-29(26-30(7,10-2)11-3)27-31(8,12-4)13-5;;/h28-29H,9-27H2,1-8H3;2*1H/q+2;;/p-2. The first-order valence-electron chi connectivity index (χ1n) is 14.6. The first kappa shape index (κ1) is 39.0. The molecule has 0 fully saturated rings. The molecule has 5 heteroatoms. The van der Waals surface area contributed by atoms with Gasteiger partial charge in [0.2, 0.25) is 0 Å². The Kier molecular flexibility index (Phi) is 27.3. The molecule has 0 aromatic heterocycles. The predicted molar refractivity (Wildman–Crippen MR) is 144 cm³/mol. The fourth-order valence-corrected chi connectivity index (χ4v) is 4.76. The molecule has 1 unspecified atom stereocenters. The van der Waals surface area contributed by atoms with E-state index in [2.05, 4.69) is 55.6 Å². The summed E-state index contributed by atoms with van der Waals surface area (Å²) in [6, 6.07) is 0. The van der Waals surface area contributed by atoms with Gasteiger partial charge in [-0.15, -0.1) is 0 Å². The maximum atomic E-state index is 6.72. The molecule has 0 radical (unpaired) electrons. The number of nitrogens with zero attached hydrogens (tertiary/aromatic N) is 2. The van der Waals surface area contributed by atoms with E-state index in [1.165, 1.54) is 110 Å². The van der Waals surface area contributed by atoms with Crippen molar-refractivity contribution in [2.75, 3.05) is 53.4 Å². The molecular formula is C29H64Cl2N2O. The predicted octanol–water partition coefficient (Wildman–Crippen LogP) is 1.83. The topological polar surface area (TPSA) is 9.23 Å². The summed E-state index contributed by atoms with van der Waals surface area (Å²) in [5.41, 5.74) is 0. The second-order valence-corrected chi connectivity index (χ2v) is 11.1. The lowest BCUT2D eigenvalue weighted by Gasteiger charge is -2.40. The lowest BCUT2D eigenvalue weighted by Crippen LogP contribution is -3.00. The lowest BCUT2D eigenvalue weighted by molar-refractivity contribution is -0.930. The van der Waals surface area contributed by atoms with Crippen molar-refractivity contribution in [3.8, 4) is 0 Å². The van der Waals surface area contributed by atoms with Gasteiger partial charge in [0.1, 0.15) is 13.1 Å². The zero-order chi connectivity index (χ0) is 24.3. The van der Waals surface area contributed by atoms with Gasteiger partial charge < -0.3 is 38.5 Å². The number of unbranched alkanes of at least 4 members (excludes halogenated alkanes) is 11. The summed E-state index contributed by atoms with van der Waals surface area (Å²) in [5, 5.41) is 0. The summed E-state index contributed by atoms with van der Waals surface area (Å²) in [5.74, 6) is 0. The Bertz CT molecular complexity index is 395. The molecule has 0 heterocycles. The van der Waals surface area contributed by atoms with Crippen LogP contribution in [0.25, 0.3) is 0 Å². The molecule has 0 bridgehead atoms. The van der Waals surface area contributed by atoms with E-state index in [4.69, 9.17) is 4.74 Å². The zero-order valence-electron chi connectivity index (χ0n) is 24.6. The number of quaternary nitrogens is 2. The van der Waals surface area contributed by atoms with Crippen molar-refractivity contribution in [3.05, 3.63) is 0 Å². The summed E-state index contributed by atoms with van der Waals surface area (Å²) < 4.78 is 8.95. The zero-order valence-corrected chi connectivity index (χ0v) is 26.2. The van der Waals surface area contributed by atoms with Crippen LogP contribution in [0.1, 0.15) is 125 Å². The molecule has 1 atom stereocenters. The van der Waals surface area contributed by atoms with Crippen LogP contribution >= 0.6 is 0 Å². The molecule has 0 aliphatic heterocycles. The normalized spacial score (nSPS) is 13.0. The van der Waals surface area contributed by atoms with Crippen molar-refractivity contribution in [1.82, 2.24) is 0 Å². The highest BCUT2D eigenvalue weighted by Gasteiger charge is 2.31. The Morgan fingerprint density at radius 2 is 0.853 bits per heavy atom. The van der Waals surface area contributed by atoms with Gasteiger partial charge in [-0.1, -0.05) is 84.0 Å². The van der Waals surface area contributed by atoms with Crippen LogP contribution in [0.2, 0.25) is 0 Å². The van der Waals surface area contributed by atoms with Crippen LogP contribution in [0.5, 0.6) is 0 Å². The third kappa shape index (κ3) is 19.6. The van der Waals surface area contributed by atoms with Crippen LogP contribution in [0, 0.1) is 0 Å². The number of halogens is 2. The van der Waals surface area contributed by atoms with Gasteiger partial charge in [-0.2, -0.15) is 0 Å². The summed E-state index contributed by atoms with van der Waals surface area (Å²) in [6.45, 7) is 20.9. The quantitative estimate of drug-likeness (QED) is 0.146. The van der Waals surface area contributed by atoms with Crippen LogP contribution in [-0.2, 0) is 4.74 Å². The van der Waals surface area contributed by atoms with Gasteiger partial charge in [0.25, 0.3) is 0 Å². The molecule has 34 heavy (non-hydrogen) atoms. The van der Waals surface area contributed by atoms with Gasteiger partial charge in [0, 0.05) is 0 Å². The molecule has 0 aromatic carbocycles. The highest BCUT2D eigenvalue weighted by molar-refractivity contribution is 4.62. The average Bonchev–Trinajstić information content (AvgIpc) is 2.79. The van der Waals surface area contributed by atoms with Gasteiger partial charge >= 0.3 is 0 Å². The van der Waals surface area contributed by atoms with E-state index in [0.29, 0.717) is 12.2 Å². The molecule has 0 aliphatic rings. The summed E-state index contributed by atoms with van der Waals surface area (Å²) >= 11 is 0. The number of ether oxygens (including phenoxy) is 1. The van der Waals surface area contributed by atoms with E-state index in [-0.39, 0.29) is 24.8 Å². The Labute approximate surface area is 228 Å². The minimum atomic E-state index is 0. The van der Waals surface area contributed by atoms with Crippen molar-refractivity contribution < 1.29 is 38.5 Å². The van der Waals surface area contributed by atoms with E-state index in [1.54, 1.807) is 0 Å². The van der Waals surface area contributed by atoms with E-state index in [9.17, 15) is 0 Å². The first-order valence-corrected chi connectivity index (χ1v) is 14.6. The average molecular weight is 528 g/mol. The number of hydrogen-bond donors (Lipinski definition) is 0. The lowest BCUT2D eigenvalue weighted by atomic mass is 10.0. The van der Waals surface area contributed by atoms with Crippen LogP contribution in [-0.4, -0.2) is 74.5 Å². The van der Waals surface area contributed by atoms with Crippen LogP contribution in [0.15, 0.2) is 0 Å². The molecule has 0 saturated heterocycles. The second kappa shape index (κ2) is 23.8. The van der Waals surface area contributed by atoms with Crippen molar-refractivity contribution in [3.63, 3.8) is 0 Å². The van der Waals surface area contributed by atoms with Gasteiger partial charge in [-0.05, 0) is 41.0 Å². The second-order valence-electron chi connectivity index (χ2n) is 11.1. The van der Waals surface area contributed by atoms with E-state index >= 15 is 0 Å². The van der Waals surface area contributed by atoms with Crippen LogP contribution < -0.4 is 24.8 Å². The number of rotatable bonds is 23. The van der Waals surface area contributed by atoms with Crippen LogP contribution in [0.3, 0.4) is 0 Å². The molecular weight excluding hydrogens is 463 g/mol. The minimum absolute atomic E-state index is 0. The Balaban J connectivity index is -0.00000480. The fraction of sp³-hybridized carbons (Fsp3) is 1.00. The maximum absolute atomic E-state index is 6.72. The highest BCUT2D eigenvalue weighted by atomic mass is 35.5. The number of hydrogen-bond acceptors (Lipinski definition) is 1. The molecule has 0 aromatic rings. The van der Waals surface area contributed by atoms with Gasteiger partial charge in [-0.3, -0.25) is 0 Å². The monoisotopic (exact) mass is 526 g/mol. The fourth-order valence-electron chi connectivity index (χ4n) is 4.76. The SMILES string of the molecule is CCCCCCCCCCCCCCC(C)OC(C[N+](C)(CC)CC)C[N+](C)(CC)CC.[Cl-].[Cl-]. The summed E-state index contributed by atoms with van der Waals surface area (Å²) in [4.78, 5) is 0. The van der Waals surface area contributed by atoms with Crippen molar-refractivity contribution in [1.29, 1.82) is 0 Å². The Morgan fingerprint density at radius 3 is 1.18 bits per heavy atom. The molecule has 0 amide bonds. The van der Waals surface area contributed by atoms with Crippen molar-refractivity contribution >= 4 is 0 Å². The highest BCUT2D eigenvalue weighted by Crippen LogP contribution is 2.17. The molecule has 0 aliphatic carbocycles. The van der Waals surface area contributed by atoms with Crippen LogP contribution in [0.4, 0.5) is 0 Å². The molecule has 210 valence electrons.